The fraction of sp³-hybridized carbons (Fsp3) is 0.533. The molecule has 0 aliphatic rings. The molecule has 0 saturated carbocycles. The smallest absolute Gasteiger partial charge is 0.227 e. The van der Waals surface area contributed by atoms with Crippen molar-refractivity contribution in [2.45, 2.75) is 39.5 Å². The van der Waals surface area contributed by atoms with E-state index >= 15 is 0 Å². The van der Waals surface area contributed by atoms with E-state index in [4.69, 9.17) is 4.74 Å². The molecule has 0 bridgehead atoms. The molecular formula is C15H23NO3. The Balaban J connectivity index is 2.76. The molecule has 1 aromatic rings. The van der Waals surface area contributed by atoms with Crippen LogP contribution in [0.5, 0.6) is 11.5 Å². The van der Waals surface area contributed by atoms with Gasteiger partial charge in [-0.25, -0.2) is 0 Å². The first kappa shape index (κ1) is 15.3. The van der Waals surface area contributed by atoms with E-state index in [-0.39, 0.29) is 17.6 Å². The molecule has 0 unspecified atom stereocenters. The summed E-state index contributed by atoms with van der Waals surface area (Å²) in [6, 6.07) is 4.73. The Kier molecular flexibility index (Phi) is 6.19. The number of methoxy groups -OCH3 is 1. The number of carbonyl (C=O) groups is 1. The van der Waals surface area contributed by atoms with Crippen molar-refractivity contribution in [2.75, 3.05) is 12.4 Å². The van der Waals surface area contributed by atoms with Gasteiger partial charge < -0.3 is 15.2 Å². The molecule has 19 heavy (non-hydrogen) atoms. The number of aromatic hydroxyl groups is 1. The van der Waals surface area contributed by atoms with E-state index in [1.807, 2.05) is 0 Å². The van der Waals surface area contributed by atoms with E-state index in [0.29, 0.717) is 11.4 Å². The van der Waals surface area contributed by atoms with Crippen LogP contribution in [0, 0.1) is 5.92 Å². The van der Waals surface area contributed by atoms with E-state index in [1.54, 1.807) is 6.07 Å². The van der Waals surface area contributed by atoms with E-state index in [9.17, 15) is 9.90 Å². The number of amides is 1. The molecule has 4 heteroatoms. The van der Waals surface area contributed by atoms with Crippen LogP contribution >= 0.6 is 0 Å². The van der Waals surface area contributed by atoms with Crippen molar-refractivity contribution >= 4 is 11.6 Å². The van der Waals surface area contributed by atoms with Gasteiger partial charge in [0, 0.05) is 29.8 Å². The highest BCUT2D eigenvalue weighted by Gasteiger charge is 2.17. The number of hydrogen-bond acceptors (Lipinski definition) is 3. The first-order valence-corrected chi connectivity index (χ1v) is 6.79. The Morgan fingerprint density at radius 2 is 1.89 bits per heavy atom. The van der Waals surface area contributed by atoms with E-state index < -0.39 is 0 Å². The maximum Gasteiger partial charge on any atom is 0.227 e. The number of hydrogen-bond donors (Lipinski definition) is 2. The summed E-state index contributed by atoms with van der Waals surface area (Å²) in [6.07, 6.45) is 3.74. The standard InChI is InChI=1S/C15H23NO3/c1-4-6-11(7-5-2)15(18)16-12-8-13(17)10-14(9-12)19-3/h8-11,17H,4-7H2,1-3H3,(H,16,18). The molecule has 0 radical (unpaired) electrons. The number of nitrogens with one attached hydrogen (secondary N) is 1. The molecule has 4 nitrogen and oxygen atoms in total. The second-order valence-electron chi connectivity index (χ2n) is 4.68. The molecule has 1 rings (SSSR count). The van der Waals surface area contributed by atoms with Gasteiger partial charge in [-0.15, -0.1) is 0 Å². The van der Waals surface area contributed by atoms with Crippen molar-refractivity contribution in [3.05, 3.63) is 18.2 Å². The number of anilines is 1. The molecule has 1 amide bonds. The van der Waals surface area contributed by atoms with Crippen LogP contribution in [-0.4, -0.2) is 18.1 Å². The lowest BCUT2D eigenvalue weighted by Crippen LogP contribution is -2.22. The Morgan fingerprint density at radius 1 is 1.26 bits per heavy atom. The van der Waals surface area contributed by atoms with Crippen LogP contribution in [0.2, 0.25) is 0 Å². The molecule has 0 heterocycles. The van der Waals surface area contributed by atoms with Crippen LogP contribution in [0.1, 0.15) is 39.5 Å². The van der Waals surface area contributed by atoms with Gasteiger partial charge in [-0.2, -0.15) is 0 Å². The topological polar surface area (TPSA) is 58.6 Å². The third-order valence-corrected chi connectivity index (χ3v) is 3.04. The SMILES string of the molecule is CCCC(CCC)C(=O)Nc1cc(O)cc(OC)c1. The first-order valence-electron chi connectivity index (χ1n) is 6.79. The molecule has 0 aliphatic carbocycles. The Labute approximate surface area is 114 Å². The lowest BCUT2D eigenvalue weighted by Gasteiger charge is -2.15. The highest BCUT2D eigenvalue weighted by Crippen LogP contribution is 2.26. The summed E-state index contributed by atoms with van der Waals surface area (Å²) in [4.78, 5) is 12.2. The summed E-state index contributed by atoms with van der Waals surface area (Å²) in [5.41, 5.74) is 0.569. The third kappa shape index (κ3) is 4.81. The zero-order valence-corrected chi connectivity index (χ0v) is 11.9. The van der Waals surface area contributed by atoms with E-state index in [0.717, 1.165) is 25.7 Å². The Morgan fingerprint density at radius 3 is 2.42 bits per heavy atom. The van der Waals surface area contributed by atoms with Gasteiger partial charge in [0.25, 0.3) is 0 Å². The van der Waals surface area contributed by atoms with Gasteiger partial charge in [-0.1, -0.05) is 26.7 Å². The van der Waals surface area contributed by atoms with Crippen LogP contribution in [0.3, 0.4) is 0 Å². The van der Waals surface area contributed by atoms with Crippen LogP contribution in [0.15, 0.2) is 18.2 Å². The van der Waals surface area contributed by atoms with Crippen LogP contribution in [0.25, 0.3) is 0 Å². The van der Waals surface area contributed by atoms with Crippen LogP contribution in [0.4, 0.5) is 5.69 Å². The highest BCUT2D eigenvalue weighted by atomic mass is 16.5. The number of phenolic OH excluding ortho intramolecular Hbond substituents is 1. The fourth-order valence-corrected chi connectivity index (χ4v) is 2.12. The Hall–Kier alpha value is -1.71. The van der Waals surface area contributed by atoms with Gasteiger partial charge in [0.1, 0.15) is 11.5 Å². The minimum absolute atomic E-state index is 0.0105. The fourth-order valence-electron chi connectivity index (χ4n) is 2.12. The zero-order valence-electron chi connectivity index (χ0n) is 11.9. The molecule has 106 valence electrons. The van der Waals surface area contributed by atoms with Crippen molar-refractivity contribution in [1.82, 2.24) is 0 Å². The predicted octanol–water partition coefficient (Wildman–Crippen LogP) is 3.56. The molecular weight excluding hydrogens is 242 g/mol. The third-order valence-electron chi connectivity index (χ3n) is 3.04. The molecule has 2 N–H and O–H groups in total. The quantitative estimate of drug-likeness (QED) is 0.792. The largest absolute Gasteiger partial charge is 0.508 e. The van der Waals surface area contributed by atoms with Gasteiger partial charge in [0.15, 0.2) is 0 Å². The predicted molar refractivity (Wildman–Crippen MR) is 76.6 cm³/mol. The summed E-state index contributed by atoms with van der Waals surface area (Å²) < 4.78 is 5.06. The number of carbonyl (C=O) groups excluding carboxylic acids is 1. The van der Waals surface area contributed by atoms with Gasteiger partial charge in [0.2, 0.25) is 5.91 Å². The van der Waals surface area contributed by atoms with Crippen molar-refractivity contribution in [1.29, 1.82) is 0 Å². The second-order valence-corrected chi connectivity index (χ2v) is 4.68. The average molecular weight is 265 g/mol. The van der Waals surface area contributed by atoms with Crippen molar-refractivity contribution in [2.24, 2.45) is 5.92 Å². The van der Waals surface area contributed by atoms with Gasteiger partial charge in [-0.3, -0.25) is 4.79 Å². The van der Waals surface area contributed by atoms with Crippen molar-refractivity contribution < 1.29 is 14.6 Å². The molecule has 0 saturated heterocycles. The molecule has 0 spiro atoms. The monoisotopic (exact) mass is 265 g/mol. The number of benzene rings is 1. The van der Waals surface area contributed by atoms with Gasteiger partial charge >= 0.3 is 0 Å². The molecule has 0 fully saturated rings. The second kappa shape index (κ2) is 7.67. The van der Waals surface area contributed by atoms with Crippen LogP contribution in [-0.2, 0) is 4.79 Å². The van der Waals surface area contributed by atoms with Crippen LogP contribution < -0.4 is 10.1 Å². The minimum atomic E-state index is 0.0105. The molecule has 0 atom stereocenters. The Bertz CT molecular complexity index is 412. The highest BCUT2D eigenvalue weighted by molar-refractivity contribution is 5.92. The summed E-state index contributed by atoms with van der Waals surface area (Å²) in [5, 5.41) is 12.4. The lowest BCUT2D eigenvalue weighted by atomic mass is 9.97. The van der Waals surface area contributed by atoms with E-state index in [2.05, 4.69) is 19.2 Å². The van der Waals surface area contributed by atoms with Crippen molar-refractivity contribution in [3.63, 3.8) is 0 Å². The minimum Gasteiger partial charge on any atom is -0.508 e. The zero-order chi connectivity index (χ0) is 14.3. The lowest BCUT2D eigenvalue weighted by molar-refractivity contribution is -0.120. The summed E-state index contributed by atoms with van der Waals surface area (Å²) in [6.45, 7) is 4.15. The van der Waals surface area contributed by atoms with Gasteiger partial charge in [-0.05, 0) is 12.8 Å². The number of rotatable bonds is 7. The molecule has 0 aromatic heterocycles. The molecule has 0 aliphatic heterocycles. The summed E-state index contributed by atoms with van der Waals surface area (Å²) in [7, 11) is 1.53. The summed E-state index contributed by atoms with van der Waals surface area (Å²) in [5.74, 6) is 0.648. The number of phenols is 1. The van der Waals surface area contributed by atoms with Gasteiger partial charge in [0.05, 0.1) is 7.11 Å². The van der Waals surface area contributed by atoms with E-state index in [1.165, 1.54) is 19.2 Å². The summed E-state index contributed by atoms with van der Waals surface area (Å²) >= 11 is 0. The normalized spacial score (nSPS) is 10.5. The van der Waals surface area contributed by atoms with Crippen molar-refractivity contribution in [3.8, 4) is 11.5 Å². The average Bonchev–Trinajstić information content (AvgIpc) is 2.37. The first-order chi connectivity index (χ1) is 9.10. The maximum atomic E-state index is 12.2. The number of ether oxygens (including phenoxy) is 1. The maximum absolute atomic E-state index is 12.2. The molecule has 1 aromatic carbocycles.